The number of anilines is 1. The maximum absolute atomic E-state index is 13.8. The third-order valence-electron chi connectivity index (χ3n) is 7.49. The van der Waals surface area contributed by atoms with E-state index in [1.807, 2.05) is 4.90 Å². The van der Waals surface area contributed by atoms with Crippen LogP contribution in [0, 0.1) is 18.2 Å². The third-order valence-corrected chi connectivity index (χ3v) is 7.49. The third kappa shape index (κ3) is 4.36. The molecule has 0 aliphatic carbocycles. The van der Waals surface area contributed by atoms with E-state index in [0.717, 1.165) is 11.1 Å². The second kappa shape index (κ2) is 10.1. The highest BCUT2D eigenvalue weighted by Crippen LogP contribution is 2.36. The van der Waals surface area contributed by atoms with Crippen molar-refractivity contribution in [1.82, 2.24) is 19.4 Å². The summed E-state index contributed by atoms with van der Waals surface area (Å²) in [5, 5.41) is 0. The molecule has 0 unspecified atom stereocenters. The number of fused-ring (bicyclic) bond motifs is 5. The number of halogens is 2. The molecule has 40 heavy (non-hydrogen) atoms. The van der Waals surface area contributed by atoms with E-state index in [-0.39, 0.29) is 42.4 Å². The second-order valence-corrected chi connectivity index (χ2v) is 9.88. The number of aryl methyl sites for hydroxylation is 1. The molecule has 0 bridgehead atoms. The molecule has 4 aromatic rings. The van der Waals surface area contributed by atoms with E-state index in [0.29, 0.717) is 42.2 Å². The number of cyclic esters (lactones) is 1. The van der Waals surface area contributed by atoms with E-state index in [9.17, 15) is 18.4 Å². The number of rotatable bonds is 4. The summed E-state index contributed by atoms with van der Waals surface area (Å²) in [5.41, 5.74) is 2.51. The Balaban J connectivity index is 1.44. The molecule has 1 fully saturated rings. The number of carbonyl (C=O) groups excluding carboxylic acids is 1. The second-order valence-electron chi connectivity index (χ2n) is 9.88. The fourth-order valence-electron chi connectivity index (χ4n) is 5.63. The van der Waals surface area contributed by atoms with E-state index >= 15 is 0 Å². The molecule has 0 amide bonds. The van der Waals surface area contributed by atoms with E-state index < -0.39 is 11.5 Å². The monoisotopic (exact) mass is 542 g/mol. The minimum atomic E-state index is -0.732. The van der Waals surface area contributed by atoms with Crippen LogP contribution < -0.4 is 10.5 Å². The van der Waals surface area contributed by atoms with Gasteiger partial charge in [-0.15, -0.1) is 0 Å². The molecule has 2 aromatic carbocycles. The van der Waals surface area contributed by atoms with Crippen molar-refractivity contribution in [2.24, 2.45) is 7.05 Å². The summed E-state index contributed by atoms with van der Waals surface area (Å²) in [4.78, 5) is 43.1. The molecule has 1 saturated heterocycles. The normalized spacial score (nSPS) is 17.2. The van der Waals surface area contributed by atoms with Crippen LogP contribution in [0.15, 0.2) is 59.5 Å². The van der Waals surface area contributed by atoms with Crippen LogP contribution in [0.25, 0.3) is 16.0 Å². The van der Waals surface area contributed by atoms with Gasteiger partial charge in [0.05, 0.1) is 24.0 Å². The molecular weight excluding hydrogens is 518 g/mol. The van der Waals surface area contributed by atoms with Crippen LogP contribution in [-0.2, 0) is 18.3 Å². The maximum Gasteiger partial charge on any atom is 0.346 e. The molecule has 1 atom stereocenters. The Labute approximate surface area is 228 Å². The average Bonchev–Trinajstić information content (AvgIpc) is 3.10. The first-order chi connectivity index (χ1) is 19.4. The van der Waals surface area contributed by atoms with Crippen molar-refractivity contribution >= 4 is 22.8 Å². The van der Waals surface area contributed by atoms with Crippen molar-refractivity contribution < 1.29 is 18.3 Å². The van der Waals surface area contributed by atoms with Crippen LogP contribution in [0.3, 0.4) is 0 Å². The minimum Gasteiger partial charge on any atom is -0.460 e. The Kier molecular flexibility index (Phi) is 6.48. The zero-order chi connectivity index (χ0) is 28.0. The Morgan fingerprint density at radius 3 is 2.33 bits per heavy atom. The van der Waals surface area contributed by atoms with E-state index in [2.05, 4.69) is 19.7 Å². The first-order valence-corrected chi connectivity index (χ1v) is 12.8. The van der Waals surface area contributed by atoms with Crippen LogP contribution in [0.1, 0.15) is 33.2 Å². The van der Waals surface area contributed by atoms with Crippen molar-refractivity contribution in [1.29, 1.82) is 0 Å². The average molecular weight is 543 g/mol. The summed E-state index contributed by atoms with van der Waals surface area (Å²) in [7, 11) is 1.53. The lowest BCUT2D eigenvalue weighted by molar-refractivity contribution is 0.0451. The number of hydrogen-bond acceptors (Lipinski definition) is 7. The molecule has 11 heteroatoms. The van der Waals surface area contributed by atoms with Crippen LogP contribution in [0.2, 0.25) is 0 Å². The highest BCUT2D eigenvalue weighted by atomic mass is 19.1. The first kappa shape index (κ1) is 25.6. The molecule has 4 heterocycles. The highest BCUT2D eigenvalue weighted by molar-refractivity contribution is 6.04. The standard InChI is InChI=1S/C29H24F2N6O3/c1-32-13-21-14-33-27-24(34-21)26-23(28(38)35(27)2)29(39)40-16-22-15-36(11-12-37(22)26)25(17-3-7-19(30)8-4-17)18-5-9-20(31)10-6-18/h3-10,14,22,25H,11-13,15-16H2,2H3/t22-/m1/s1. The van der Waals surface area contributed by atoms with Gasteiger partial charge in [-0.1, -0.05) is 24.3 Å². The Bertz CT molecular complexity index is 1670. The lowest BCUT2D eigenvalue weighted by atomic mass is 9.95. The summed E-state index contributed by atoms with van der Waals surface area (Å²) in [6.07, 6.45) is 1.46. The number of aromatic nitrogens is 3. The van der Waals surface area contributed by atoms with Gasteiger partial charge < -0.3 is 14.5 Å². The van der Waals surface area contributed by atoms with E-state index in [1.54, 1.807) is 24.3 Å². The zero-order valence-corrected chi connectivity index (χ0v) is 21.6. The number of pyridine rings is 1. The molecule has 0 N–H and O–H groups in total. The lowest BCUT2D eigenvalue weighted by Gasteiger charge is -2.45. The Morgan fingerprint density at radius 1 is 1.05 bits per heavy atom. The van der Waals surface area contributed by atoms with Crippen molar-refractivity contribution in [3.63, 3.8) is 0 Å². The number of hydrogen-bond donors (Lipinski definition) is 0. The van der Waals surface area contributed by atoms with Crippen molar-refractivity contribution in [3.05, 3.63) is 111 Å². The summed E-state index contributed by atoms with van der Waals surface area (Å²) in [5.74, 6) is -1.44. The Morgan fingerprint density at radius 2 is 1.70 bits per heavy atom. The number of benzene rings is 2. The van der Waals surface area contributed by atoms with Gasteiger partial charge in [0, 0.05) is 26.7 Å². The van der Waals surface area contributed by atoms with Gasteiger partial charge in [-0.25, -0.2) is 30.1 Å². The number of carbonyl (C=O) groups is 1. The van der Waals surface area contributed by atoms with Gasteiger partial charge in [0.2, 0.25) is 0 Å². The predicted molar refractivity (Wildman–Crippen MR) is 143 cm³/mol. The molecular formula is C29H24F2N6O3. The predicted octanol–water partition coefficient (Wildman–Crippen LogP) is 3.48. The van der Waals surface area contributed by atoms with E-state index in [1.165, 1.54) is 42.1 Å². The van der Waals surface area contributed by atoms with Gasteiger partial charge in [0.1, 0.15) is 29.5 Å². The smallest absolute Gasteiger partial charge is 0.346 e. The Hall–Kier alpha value is -4.69. The van der Waals surface area contributed by atoms with Gasteiger partial charge >= 0.3 is 5.97 Å². The molecule has 202 valence electrons. The van der Waals surface area contributed by atoms with Crippen molar-refractivity contribution in [2.45, 2.75) is 18.6 Å². The van der Waals surface area contributed by atoms with Gasteiger partial charge in [0.15, 0.2) is 11.2 Å². The van der Waals surface area contributed by atoms with Crippen molar-refractivity contribution in [2.75, 3.05) is 31.1 Å². The summed E-state index contributed by atoms with van der Waals surface area (Å²) in [6, 6.07) is 11.8. The topological polar surface area (TPSA) is 84.9 Å². The van der Waals surface area contributed by atoms with Crippen LogP contribution in [0.4, 0.5) is 14.5 Å². The first-order valence-electron chi connectivity index (χ1n) is 12.8. The van der Waals surface area contributed by atoms with Crippen LogP contribution in [0.5, 0.6) is 0 Å². The minimum absolute atomic E-state index is 0.0131. The quantitative estimate of drug-likeness (QED) is 0.288. The van der Waals surface area contributed by atoms with Crippen LogP contribution >= 0.6 is 0 Å². The number of nitrogens with zero attached hydrogens (tertiary/aromatic N) is 6. The molecule has 2 aliphatic heterocycles. The fraction of sp³-hybridized carbons (Fsp3) is 0.276. The van der Waals surface area contributed by atoms with Gasteiger partial charge in [0.25, 0.3) is 12.1 Å². The number of piperazine rings is 1. The molecule has 0 saturated carbocycles. The van der Waals surface area contributed by atoms with Crippen LogP contribution in [-0.4, -0.2) is 57.7 Å². The van der Waals surface area contributed by atoms with Crippen molar-refractivity contribution in [3.8, 4) is 0 Å². The molecule has 0 radical (unpaired) electrons. The van der Waals surface area contributed by atoms with Gasteiger partial charge in [-0.2, -0.15) is 0 Å². The molecule has 0 spiro atoms. The van der Waals surface area contributed by atoms with E-state index in [4.69, 9.17) is 11.3 Å². The summed E-state index contributed by atoms with van der Waals surface area (Å²) in [6.45, 7) is 8.63. The highest BCUT2D eigenvalue weighted by Gasteiger charge is 2.40. The lowest BCUT2D eigenvalue weighted by Crippen LogP contribution is -2.55. The summed E-state index contributed by atoms with van der Waals surface area (Å²) >= 11 is 0. The molecule has 6 rings (SSSR count). The largest absolute Gasteiger partial charge is 0.460 e. The maximum atomic E-state index is 13.8. The molecule has 9 nitrogen and oxygen atoms in total. The fourth-order valence-corrected chi connectivity index (χ4v) is 5.63. The number of esters is 1. The molecule has 2 aromatic heterocycles. The van der Waals surface area contributed by atoms with Gasteiger partial charge in [-0.05, 0) is 35.4 Å². The SMILES string of the molecule is [C-]#[N+]Cc1cnc2c(n1)c1c(c(=O)n2C)C(=O)OC[C@H]2CN(C(c3ccc(F)cc3)c3ccc(F)cc3)CCN12. The van der Waals surface area contributed by atoms with Gasteiger partial charge in [-0.3, -0.25) is 14.3 Å². The summed E-state index contributed by atoms with van der Waals surface area (Å²) < 4.78 is 34.5. The number of ether oxygens (including phenoxy) is 1. The zero-order valence-electron chi connectivity index (χ0n) is 21.6. The molecule has 2 aliphatic rings.